The van der Waals surface area contributed by atoms with E-state index >= 15 is 4.39 Å². The van der Waals surface area contributed by atoms with Gasteiger partial charge in [-0.25, -0.2) is 9.37 Å². The zero-order chi connectivity index (χ0) is 30.2. The summed E-state index contributed by atoms with van der Waals surface area (Å²) in [5, 5.41) is 5.09. The van der Waals surface area contributed by atoms with Gasteiger partial charge in [0.15, 0.2) is 0 Å². The number of nitrogens with zero attached hydrogens (tertiary/aromatic N) is 4. The molecule has 2 aromatic heterocycles. The molecule has 3 aromatic rings. The number of H-pyrrole nitrogens is 1. The summed E-state index contributed by atoms with van der Waals surface area (Å²) >= 11 is 1.38. The molecule has 0 aliphatic carbocycles. The highest BCUT2D eigenvalue weighted by molar-refractivity contribution is 7.09. The monoisotopic (exact) mass is 608 g/mol. The lowest BCUT2D eigenvalue weighted by Crippen LogP contribution is -2.55. The average Bonchev–Trinajstić information content (AvgIpc) is 3.40. The number of anilines is 2. The van der Waals surface area contributed by atoms with E-state index in [1.54, 1.807) is 5.38 Å². The fraction of sp³-hybridized carbons (Fsp3) is 0.464. The lowest BCUT2D eigenvalue weighted by Gasteiger charge is -2.44. The molecule has 5 rings (SSSR count). The van der Waals surface area contributed by atoms with Crippen LogP contribution in [-0.2, 0) is 17.5 Å². The number of carbonyl (C=O) groups excluding carboxylic acids is 1. The Morgan fingerprint density at radius 1 is 1.17 bits per heavy atom. The summed E-state index contributed by atoms with van der Waals surface area (Å²) in [5.74, 6) is -1.65. The van der Waals surface area contributed by atoms with Crippen molar-refractivity contribution in [2.45, 2.75) is 38.7 Å². The molecule has 2 unspecified atom stereocenters. The number of thiazole rings is 1. The Kier molecular flexibility index (Phi) is 8.69. The van der Waals surface area contributed by atoms with Crippen molar-refractivity contribution in [3.05, 3.63) is 62.1 Å². The number of aromatic amines is 1. The smallest absolute Gasteiger partial charge is 0.379 e. The summed E-state index contributed by atoms with van der Waals surface area (Å²) in [6, 6.07) is 3.26. The standard InChI is InChI=1S/C28H32F4N6O3S/c1-16-12-38(13-17(2)36(16)3)24-10-21(29)18(23-15-42-26(34-23)14-37-4-6-41-7-5-37)8-22(24)35-27(40)19-11-33-25(39)9-20(19)28(30,31)32/h8-11,15-17H,4-7,12-14H2,1-3H3,(H,33,39)(H,35,40). The van der Waals surface area contributed by atoms with Crippen LogP contribution in [-0.4, -0.2) is 84.2 Å². The van der Waals surface area contributed by atoms with Crippen molar-refractivity contribution in [1.82, 2.24) is 19.8 Å². The van der Waals surface area contributed by atoms with Crippen LogP contribution in [0.1, 0.15) is 34.8 Å². The minimum Gasteiger partial charge on any atom is -0.379 e. The molecule has 0 saturated carbocycles. The Balaban J connectivity index is 1.52. The van der Waals surface area contributed by atoms with Crippen molar-refractivity contribution in [3.8, 4) is 11.3 Å². The van der Waals surface area contributed by atoms with Crippen LogP contribution in [0.4, 0.5) is 28.9 Å². The molecule has 2 atom stereocenters. The minimum absolute atomic E-state index is 0.0948. The Labute approximate surface area is 244 Å². The van der Waals surface area contributed by atoms with Gasteiger partial charge in [0, 0.05) is 67.5 Å². The van der Waals surface area contributed by atoms with E-state index in [1.807, 2.05) is 25.8 Å². The molecule has 0 bridgehead atoms. The van der Waals surface area contributed by atoms with Gasteiger partial charge < -0.3 is 19.9 Å². The number of piperazine rings is 1. The van der Waals surface area contributed by atoms with Gasteiger partial charge in [0.25, 0.3) is 5.91 Å². The first-order chi connectivity index (χ1) is 19.9. The summed E-state index contributed by atoms with van der Waals surface area (Å²) < 4.78 is 62.3. The second-order valence-corrected chi connectivity index (χ2v) is 11.7. The van der Waals surface area contributed by atoms with Gasteiger partial charge in [-0.15, -0.1) is 11.3 Å². The number of hydrogen-bond donors (Lipinski definition) is 2. The van der Waals surface area contributed by atoms with E-state index in [0.29, 0.717) is 50.3 Å². The minimum atomic E-state index is -4.93. The molecule has 1 aromatic carbocycles. The van der Waals surface area contributed by atoms with Gasteiger partial charge in [-0.3, -0.25) is 19.4 Å². The first kappa shape index (κ1) is 30.1. The third-order valence-electron chi connectivity index (χ3n) is 7.80. The number of likely N-dealkylation sites (N-methyl/N-ethyl adjacent to an activating group) is 1. The van der Waals surface area contributed by atoms with E-state index < -0.39 is 34.6 Å². The van der Waals surface area contributed by atoms with Crippen molar-refractivity contribution < 1.29 is 27.1 Å². The van der Waals surface area contributed by atoms with Crippen LogP contribution in [0, 0.1) is 5.82 Å². The lowest BCUT2D eigenvalue weighted by atomic mass is 10.0. The predicted octanol–water partition coefficient (Wildman–Crippen LogP) is 4.27. The number of carbonyl (C=O) groups is 1. The van der Waals surface area contributed by atoms with E-state index in [4.69, 9.17) is 4.74 Å². The van der Waals surface area contributed by atoms with Gasteiger partial charge >= 0.3 is 6.18 Å². The van der Waals surface area contributed by atoms with Crippen molar-refractivity contribution >= 4 is 28.6 Å². The first-order valence-electron chi connectivity index (χ1n) is 13.6. The van der Waals surface area contributed by atoms with Crippen LogP contribution in [0.5, 0.6) is 0 Å². The van der Waals surface area contributed by atoms with Gasteiger partial charge in [0.05, 0.1) is 48.0 Å². The maximum Gasteiger partial charge on any atom is 0.417 e. The zero-order valence-electron chi connectivity index (χ0n) is 23.4. The molecule has 1 amide bonds. The summed E-state index contributed by atoms with van der Waals surface area (Å²) in [7, 11) is 1.99. The normalized spacial score (nSPS) is 20.6. The van der Waals surface area contributed by atoms with Crippen LogP contribution < -0.4 is 15.8 Å². The van der Waals surface area contributed by atoms with Crippen molar-refractivity contribution in [2.75, 3.05) is 56.7 Å². The lowest BCUT2D eigenvalue weighted by molar-refractivity contribution is -0.138. The topological polar surface area (TPSA) is 93.8 Å². The zero-order valence-corrected chi connectivity index (χ0v) is 24.2. The molecule has 0 spiro atoms. The molecule has 2 fully saturated rings. The molecular weight excluding hydrogens is 576 g/mol. The number of amides is 1. The number of hydrogen-bond acceptors (Lipinski definition) is 8. The van der Waals surface area contributed by atoms with Crippen LogP contribution in [0.25, 0.3) is 11.3 Å². The number of pyridine rings is 1. The molecule has 2 aliphatic heterocycles. The molecule has 42 heavy (non-hydrogen) atoms. The van der Waals surface area contributed by atoms with Crippen LogP contribution >= 0.6 is 11.3 Å². The number of morpholine rings is 1. The Hall–Kier alpha value is -3.33. The Bertz CT molecular complexity index is 1490. The third kappa shape index (κ3) is 6.51. The maximum atomic E-state index is 15.7. The Morgan fingerprint density at radius 3 is 2.52 bits per heavy atom. The molecule has 9 nitrogen and oxygen atoms in total. The van der Waals surface area contributed by atoms with Gasteiger partial charge in [-0.2, -0.15) is 13.2 Å². The van der Waals surface area contributed by atoms with E-state index in [2.05, 4.69) is 25.1 Å². The highest BCUT2D eigenvalue weighted by atomic mass is 32.1. The second kappa shape index (κ2) is 12.1. The van der Waals surface area contributed by atoms with Gasteiger partial charge in [0.2, 0.25) is 5.56 Å². The van der Waals surface area contributed by atoms with Gasteiger partial charge in [-0.1, -0.05) is 0 Å². The van der Waals surface area contributed by atoms with Crippen molar-refractivity contribution in [1.29, 1.82) is 0 Å². The summed E-state index contributed by atoms with van der Waals surface area (Å²) in [5.41, 5.74) is -2.13. The average molecular weight is 609 g/mol. The molecule has 4 heterocycles. The van der Waals surface area contributed by atoms with E-state index in [9.17, 15) is 22.8 Å². The molecule has 2 saturated heterocycles. The fourth-order valence-electron chi connectivity index (χ4n) is 5.26. The third-order valence-corrected chi connectivity index (χ3v) is 8.63. The quantitative estimate of drug-likeness (QED) is 0.404. The van der Waals surface area contributed by atoms with Gasteiger partial charge in [-0.05, 0) is 27.0 Å². The van der Waals surface area contributed by atoms with Crippen LogP contribution in [0.15, 0.2) is 34.6 Å². The van der Waals surface area contributed by atoms with Crippen molar-refractivity contribution in [3.63, 3.8) is 0 Å². The number of halogens is 4. The molecular formula is C28H32F4N6O3S. The number of aromatic nitrogens is 2. The second-order valence-electron chi connectivity index (χ2n) is 10.7. The van der Waals surface area contributed by atoms with E-state index in [-0.39, 0.29) is 23.3 Å². The predicted molar refractivity (Wildman–Crippen MR) is 153 cm³/mol. The highest BCUT2D eigenvalue weighted by Gasteiger charge is 2.36. The first-order valence-corrected chi connectivity index (χ1v) is 14.4. The molecule has 14 heteroatoms. The fourth-order valence-corrected chi connectivity index (χ4v) is 6.10. The van der Waals surface area contributed by atoms with Gasteiger partial charge in [0.1, 0.15) is 10.8 Å². The molecule has 0 radical (unpaired) electrons. The summed E-state index contributed by atoms with van der Waals surface area (Å²) in [4.78, 5) is 38.0. The number of benzene rings is 1. The SMILES string of the molecule is CC1CN(c2cc(F)c(-c3csc(CN4CCOCC4)n3)cc2NC(=O)c2c[nH]c(=O)cc2C(F)(F)F)CC(C)N1C. The highest BCUT2D eigenvalue weighted by Crippen LogP contribution is 2.37. The van der Waals surface area contributed by atoms with Crippen LogP contribution in [0.2, 0.25) is 0 Å². The number of nitrogens with one attached hydrogen (secondary N) is 2. The Morgan fingerprint density at radius 2 is 1.86 bits per heavy atom. The summed E-state index contributed by atoms with van der Waals surface area (Å²) in [6.45, 7) is 8.44. The van der Waals surface area contributed by atoms with E-state index in [1.165, 1.54) is 23.5 Å². The molecule has 2 N–H and O–H groups in total. The number of ether oxygens (including phenoxy) is 1. The van der Waals surface area contributed by atoms with Crippen molar-refractivity contribution in [2.24, 2.45) is 0 Å². The van der Waals surface area contributed by atoms with Crippen LogP contribution in [0.3, 0.4) is 0 Å². The van der Waals surface area contributed by atoms with E-state index in [0.717, 1.165) is 24.3 Å². The molecule has 226 valence electrons. The number of alkyl halides is 3. The largest absolute Gasteiger partial charge is 0.417 e. The maximum absolute atomic E-state index is 15.7. The number of rotatable bonds is 6. The summed E-state index contributed by atoms with van der Waals surface area (Å²) in [6.07, 6.45) is -4.19. The molecule has 2 aliphatic rings.